The average Bonchev–Trinajstić information content (AvgIpc) is 3.09. The van der Waals surface area contributed by atoms with E-state index in [0.717, 1.165) is 24.6 Å². The van der Waals surface area contributed by atoms with E-state index in [9.17, 15) is 0 Å². The predicted octanol–water partition coefficient (Wildman–Crippen LogP) is 3.43. The minimum Gasteiger partial charge on any atom is -0.356 e. The Morgan fingerprint density at radius 1 is 1.17 bits per heavy atom. The van der Waals surface area contributed by atoms with Gasteiger partial charge in [0.1, 0.15) is 5.82 Å². The summed E-state index contributed by atoms with van der Waals surface area (Å²) in [6.07, 6.45) is 2.45. The van der Waals surface area contributed by atoms with Crippen LogP contribution in [0.15, 0.2) is 36.4 Å². The van der Waals surface area contributed by atoms with Gasteiger partial charge in [-0.25, -0.2) is 4.98 Å². The first-order chi connectivity index (χ1) is 11.6. The van der Waals surface area contributed by atoms with Gasteiger partial charge in [-0.2, -0.15) is 4.98 Å². The number of anilines is 2. The van der Waals surface area contributed by atoms with Gasteiger partial charge in [0.25, 0.3) is 0 Å². The Hall–Kier alpha value is -2.21. The lowest BCUT2D eigenvalue weighted by Gasteiger charge is -2.19. The topological polar surface area (TPSA) is 53.1 Å². The number of aryl methyl sites for hydroxylation is 1. The Morgan fingerprint density at radius 3 is 2.58 bits per heavy atom. The number of nitrogens with zero attached hydrogens (tertiary/aromatic N) is 3. The van der Waals surface area contributed by atoms with Crippen molar-refractivity contribution in [1.29, 1.82) is 0 Å². The van der Waals surface area contributed by atoms with Crippen LogP contribution < -0.4 is 15.5 Å². The standard InChI is InChI=1S/C18H23N5S/c1-13-12-16(23-10-6-7-11-23)21-17(19-13)22-18(24)20-14(2)15-8-4-3-5-9-15/h3-5,8-9,12,14H,6-7,10-11H2,1-2H3,(H2,19,20,21,22,24)/t14-/m1/s1. The van der Waals surface area contributed by atoms with Crippen LogP contribution in [0.5, 0.6) is 0 Å². The monoisotopic (exact) mass is 341 g/mol. The fraction of sp³-hybridized carbons (Fsp3) is 0.389. The normalized spacial score (nSPS) is 15.2. The maximum absolute atomic E-state index is 5.42. The molecule has 0 bridgehead atoms. The van der Waals surface area contributed by atoms with Crippen molar-refractivity contribution in [3.63, 3.8) is 0 Å². The number of aromatic nitrogens is 2. The second kappa shape index (κ2) is 7.57. The minimum atomic E-state index is 0.120. The van der Waals surface area contributed by atoms with E-state index >= 15 is 0 Å². The Morgan fingerprint density at radius 2 is 1.88 bits per heavy atom. The van der Waals surface area contributed by atoms with Crippen LogP contribution in [0.4, 0.5) is 11.8 Å². The average molecular weight is 341 g/mol. The molecule has 1 aromatic carbocycles. The Kier molecular flexibility index (Phi) is 5.25. The number of rotatable bonds is 4. The summed E-state index contributed by atoms with van der Waals surface area (Å²) in [6, 6.07) is 12.4. The molecule has 2 N–H and O–H groups in total. The molecule has 1 fully saturated rings. The Balaban J connectivity index is 1.65. The van der Waals surface area contributed by atoms with E-state index in [0.29, 0.717) is 11.1 Å². The Labute approximate surface area is 148 Å². The summed E-state index contributed by atoms with van der Waals surface area (Å²) in [5.74, 6) is 1.52. The third-order valence-corrected chi connectivity index (χ3v) is 4.36. The molecule has 2 aromatic rings. The maximum atomic E-state index is 5.42. The van der Waals surface area contributed by atoms with Gasteiger partial charge in [0, 0.05) is 24.8 Å². The molecule has 0 aliphatic carbocycles. The van der Waals surface area contributed by atoms with E-state index < -0.39 is 0 Å². The molecular formula is C18H23N5S. The molecule has 126 valence electrons. The van der Waals surface area contributed by atoms with Gasteiger partial charge in [-0.1, -0.05) is 30.3 Å². The van der Waals surface area contributed by atoms with Gasteiger partial charge < -0.3 is 15.5 Å². The van der Waals surface area contributed by atoms with Crippen LogP contribution in [0.1, 0.15) is 37.1 Å². The predicted molar refractivity (Wildman–Crippen MR) is 102 cm³/mol. The molecule has 24 heavy (non-hydrogen) atoms. The van der Waals surface area contributed by atoms with E-state index in [2.05, 4.69) is 44.6 Å². The molecule has 0 amide bonds. The second-order valence-corrected chi connectivity index (χ2v) is 6.52. The molecule has 1 atom stereocenters. The smallest absolute Gasteiger partial charge is 0.231 e. The SMILES string of the molecule is Cc1cc(N2CCCC2)nc(NC(=S)N[C@H](C)c2ccccc2)n1. The van der Waals surface area contributed by atoms with Gasteiger partial charge >= 0.3 is 0 Å². The van der Waals surface area contributed by atoms with Crippen LogP contribution in [0.25, 0.3) is 0 Å². The summed E-state index contributed by atoms with van der Waals surface area (Å²) in [5.41, 5.74) is 2.12. The summed E-state index contributed by atoms with van der Waals surface area (Å²) in [6.45, 7) is 6.18. The third-order valence-electron chi connectivity index (χ3n) is 4.14. The molecular weight excluding hydrogens is 318 g/mol. The van der Waals surface area contributed by atoms with Gasteiger partial charge in [0.05, 0.1) is 6.04 Å². The lowest BCUT2D eigenvalue weighted by molar-refractivity contribution is 0.722. The molecule has 2 heterocycles. The molecule has 0 radical (unpaired) electrons. The van der Waals surface area contributed by atoms with Crippen molar-refractivity contribution in [2.75, 3.05) is 23.3 Å². The lowest BCUT2D eigenvalue weighted by Crippen LogP contribution is -2.32. The molecule has 1 aliphatic heterocycles. The first kappa shape index (κ1) is 16.6. The van der Waals surface area contributed by atoms with Crippen molar-refractivity contribution in [2.24, 2.45) is 0 Å². The summed E-state index contributed by atoms with van der Waals surface area (Å²) in [7, 11) is 0. The van der Waals surface area contributed by atoms with Crippen LogP contribution in [0.2, 0.25) is 0 Å². The minimum absolute atomic E-state index is 0.120. The van der Waals surface area contributed by atoms with Crippen LogP contribution in [-0.4, -0.2) is 28.2 Å². The van der Waals surface area contributed by atoms with E-state index in [4.69, 9.17) is 12.2 Å². The van der Waals surface area contributed by atoms with Crippen molar-refractivity contribution >= 4 is 29.1 Å². The molecule has 3 rings (SSSR count). The van der Waals surface area contributed by atoms with Gasteiger partial charge in [0.15, 0.2) is 5.11 Å². The second-order valence-electron chi connectivity index (χ2n) is 6.12. The maximum Gasteiger partial charge on any atom is 0.231 e. The summed E-state index contributed by atoms with van der Waals surface area (Å²) in [5, 5.41) is 6.93. The number of hydrogen-bond donors (Lipinski definition) is 2. The molecule has 1 aliphatic rings. The first-order valence-corrected chi connectivity index (χ1v) is 8.76. The van der Waals surface area contributed by atoms with Crippen LogP contribution in [-0.2, 0) is 0 Å². The molecule has 0 unspecified atom stereocenters. The van der Waals surface area contributed by atoms with E-state index in [1.807, 2.05) is 31.2 Å². The van der Waals surface area contributed by atoms with Crippen molar-refractivity contribution in [3.8, 4) is 0 Å². The van der Waals surface area contributed by atoms with Crippen LogP contribution >= 0.6 is 12.2 Å². The molecule has 0 saturated carbocycles. The lowest BCUT2D eigenvalue weighted by atomic mass is 10.1. The van der Waals surface area contributed by atoms with Gasteiger partial charge in [0.2, 0.25) is 5.95 Å². The van der Waals surface area contributed by atoms with Crippen molar-refractivity contribution in [2.45, 2.75) is 32.7 Å². The first-order valence-electron chi connectivity index (χ1n) is 8.35. The Bertz CT molecular complexity index is 698. The van der Waals surface area contributed by atoms with Crippen LogP contribution in [0.3, 0.4) is 0 Å². The van der Waals surface area contributed by atoms with Gasteiger partial charge in [-0.05, 0) is 44.5 Å². The zero-order valence-corrected chi connectivity index (χ0v) is 14.9. The molecule has 1 saturated heterocycles. The zero-order valence-electron chi connectivity index (χ0n) is 14.1. The highest BCUT2D eigenvalue weighted by molar-refractivity contribution is 7.80. The highest BCUT2D eigenvalue weighted by Gasteiger charge is 2.15. The van der Waals surface area contributed by atoms with Gasteiger partial charge in [-0.3, -0.25) is 0 Å². The molecule has 1 aromatic heterocycles. The largest absolute Gasteiger partial charge is 0.356 e. The highest BCUT2D eigenvalue weighted by atomic mass is 32.1. The molecule has 0 spiro atoms. The fourth-order valence-corrected chi connectivity index (χ4v) is 3.14. The summed E-state index contributed by atoms with van der Waals surface area (Å²) < 4.78 is 0. The highest BCUT2D eigenvalue weighted by Crippen LogP contribution is 2.20. The number of nitrogens with one attached hydrogen (secondary N) is 2. The molecule has 5 nitrogen and oxygen atoms in total. The number of benzene rings is 1. The fourth-order valence-electron chi connectivity index (χ4n) is 2.88. The summed E-state index contributed by atoms with van der Waals surface area (Å²) >= 11 is 5.42. The van der Waals surface area contributed by atoms with Crippen molar-refractivity contribution in [1.82, 2.24) is 15.3 Å². The van der Waals surface area contributed by atoms with E-state index in [1.165, 1.54) is 18.4 Å². The summed E-state index contributed by atoms with van der Waals surface area (Å²) in [4.78, 5) is 11.4. The molecule has 6 heteroatoms. The van der Waals surface area contributed by atoms with Crippen molar-refractivity contribution < 1.29 is 0 Å². The van der Waals surface area contributed by atoms with Crippen molar-refractivity contribution in [3.05, 3.63) is 47.7 Å². The van der Waals surface area contributed by atoms with Crippen LogP contribution in [0, 0.1) is 6.92 Å². The number of thiocarbonyl (C=S) groups is 1. The number of hydrogen-bond acceptors (Lipinski definition) is 4. The zero-order chi connectivity index (χ0) is 16.9. The van der Waals surface area contributed by atoms with E-state index in [1.54, 1.807) is 0 Å². The van der Waals surface area contributed by atoms with Gasteiger partial charge in [-0.15, -0.1) is 0 Å². The van der Waals surface area contributed by atoms with E-state index in [-0.39, 0.29) is 6.04 Å². The third kappa shape index (κ3) is 4.20. The quantitative estimate of drug-likeness (QED) is 0.831.